The maximum Gasteiger partial charge on any atom is 0.191 e. The molecule has 1 aliphatic heterocycles. The number of halogens is 1. The van der Waals surface area contributed by atoms with Gasteiger partial charge in [-0.05, 0) is 43.6 Å². The quantitative estimate of drug-likeness (QED) is 0.648. The number of guanidine groups is 1. The molecule has 0 aromatic heterocycles. The van der Waals surface area contributed by atoms with E-state index >= 15 is 0 Å². The molecule has 116 valence electrons. The number of aliphatic imine (C=N–C) groups is 1. The van der Waals surface area contributed by atoms with Crippen LogP contribution >= 0.6 is 11.6 Å². The normalized spacial score (nSPS) is 16.8. The zero-order chi connectivity index (χ0) is 14.9. The molecule has 0 saturated carbocycles. The van der Waals surface area contributed by atoms with Crippen LogP contribution in [-0.2, 0) is 6.54 Å². The summed E-state index contributed by atoms with van der Waals surface area (Å²) in [6.07, 6.45) is 4.06. The monoisotopic (exact) mass is 308 g/mol. The van der Waals surface area contributed by atoms with Gasteiger partial charge >= 0.3 is 0 Å². The molecule has 2 N–H and O–H groups in total. The first-order chi connectivity index (χ1) is 10.3. The molecule has 1 aromatic carbocycles. The van der Waals surface area contributed by atoms with E-state index in [4.69, 9.17) is 11.6 Å². The van der Waals surface area contributed by atoms with Crippen LogP contribution in [0, 0.1) is 0 Å². The van der Waals surface area contributed by atoms with Crippen LogP contribution in [0.25, 0.3) is 0 Å². The summed E-state index contributed by atoms with van der Waals surface area (Å²) in [5, 5.41) is 7.46. The number of benzene rings is 1. The molecule has 0 bridgehead atoms. The Morgan fingerprint density at radius 3 is 2.52 bits per heavy atom. The molecule has 1 heterocycles. The fourth-order valence-corrected chi connectivity index (χ4v) is 2.65. The van der Waals surface area contributed by atoms with Gasteiger partial charge in [-0.15, -0.1) is 0 Å². The van der Waals surface area contributed by atoms with Crippen molar-refractivity contribution in [3.63, 3.8) is 0 Å². The number of likely N-dealkylation sites (tertiary alicyclic amines) is 1. The molecule has 2 rings (SSSR count). The third-order valence-electron chi connectivity index (χ3n) is 3.77. The summed E-state index contributed by atoms with van der Waals surface area (Å²) in [7, 11) is 1.80. The SMILES string of the molecule is CN=C(NCCN1CCCCC1)NCc1ccc(Cl)cc1. The standard InChI is InChI=1S/C16H25ClN4/c1-18-16(19-9-12-21-10-3-2-4-11-21)20-13-14-5-7-15(17)8-6-14/h5-8H,2-4,9-13H2,1H3,(H2,18,19,20). The third-order valence-corrected chi connectivity index (χ3v) is 4.02. The van der Waals surface area contributed by atoms with Crippen LogP contribution in [0.4, 0.5) is 0 Å². The predicted octanol–water partition coefficient (Wildman–Crippen LogP) is 2.49. The lowest BCUT2D eigenvalue weighted by atomic mass is 10.1. The van der Waals surface area contributed by atoms with E-state index in [2.05, 4.69) is 20.5 Å². The smallest absolute Gasteiger partial charge is 0.191 e. The minimum atomic E-state index is 0.751. The molecule has 1 aliphatic rings. The highest BCUT2D eigenvalue weighted by Crippen LogP contribution is 2.09. The lowest BCUT2D eigenvalue weighted by molar-refractivity contribution is 0.232. The topological polar surface area (TPSA) is 39.7 Å². The van der Waals surface area contributed by atoms with Gasteiger partial charge in [0, 0.05) is 31.7 Å². The number of nitrogens with zero attached hydrogens (tertiary/aromatic N) is 2. The second kappa shape index (κ2) is 8.90. The van der Waals surface area contributed by atoms with E-state index in [1.807, 2.05) is 24.3 Å². The van der Waals surface area contributed by atoms with E-state index in [1.165, 1.54) is 37.9 Å². The predicted molar refractivity (Wildman–Crippen MR) is 89.9 cm³/mol. The highest BCUT2D eigenvalue weighted by Gasteiger charge is 2.09. The van der Waals surface area contributed by atoms with Gasteiger partial charge < -0.3 is 15.5 Å². The Kier molecular flexibility index (Phi) is 6.83. The minimum Gasteiger partial charge on any atom is -0.355 e. The largest absolute Gasteiger partial charge is 0.355 e. The Hall–Kier alpha value is -1.26. The number of nitrogens with one attached hydrogen (secondary N) is 2. The molecule has 1 aromatic rings. The van der Waals surface area contributed by atoms with Gasteiger partial charge in [-0.3, -0.25) is 4.99 Å². The van der Waals surface area contributed by atoms with Crippen LogP contribution in [-0.4, -0.2) is 44.1 Å². The highest BCUT2D eigenvalue weighted by atomic mass is 35.5. The van der Waals surface area contributed by atoms with Gasteiger partial charge in [0.25, 0.3) is 0 Å². The molecule has 1 saturated heterocycles. The molecule has 5 heteroatoms. The fourth-order valence-electron chi connectivity index (χ4n) is 2.52. The number of rotatable bonds is 5. The molecule has 0 aliphatic carbocycles. The summed E-state index contributed by atoms with van der Waals surface area (Å²) in [5.74, 6) is 0.849. The first-order valence-electron chi connectivity index (χ1n) is 7.69. The molecule has 4 nitrogen and oxygen atoms in total. The summed E-state index contributed by atoms with van der Waals surface area (Å²) in [5.41, 5.74) is 1.19. The van der Waals surface area contributed by atoms with Crippen molar-refractivity contribution in [2.24, 2.45) is 4.99 Å². The van der Waals surface area contributed by atoms with Crippen LogP contribution in [0.15, 0.2) is 29.3 Å². The van der Waals surface area contributed by atoms with Crippen molar-refractivity contribution in [3.8, 4) is 0 Å². The van der Waals surface area contributed by atoms with Gasteiger partial charge in [0.1, 0.15) is 0 Å². The van der Waals surface area contributed by atoms with Gasteiger partial charge in [-0.2, -0.15) is 0 Å². The molecule has 0 radical (unpaired) electrons. The second-order valence-electron chi connectivity index (χ2n) is 5.38. The van der Waals surface area contributed by atoms with E-state index in [0.717, 1.165) is 30.6 Å². The van der Waals surface area contributed by atoms with Gasteiger partial charge in [-0.1, -0.05) is 30.2 Å². The van der Waals surface area contributed by atoms with E-state index in [-0.39, 0.29) is 0 Å². The van der Waals surface area contributed by atoms with Crippen LogP contribution < -0.4 is 10.6 Å². The summed E-state index contributed by atoms with van der Waals surface area (Å²) in [4.78, 5) is 6.77. The van der Waals surface area contributed by atoms with E-state index in [9.17, 15) is 0 Å². The third kappa shape index (κ3) is 5.94. The molecule has 0 amide bonds. The summed E-state index contributed by atoms with van der Waals surface area (Å²) in [6.45, 7) is 5.24. The van der Waals surface area contributed by atoms with Gasteiger partial charge in [-0.25, -0.2) is 0 Å². The lowest BCUT2D eigenvalue weighted by Gasteiger charge is -2.26. The molecular weight excluding hydrogens is 284 g/mol. The Morgan fingerprint density at radius 2 is 1.86 bits per heavy atom. The molecule has 0 atom stereocenters. The Balaban J connectivity index is 1.67. The molecule has 21 heavy (non-hydrogen) atoms. The summed E-state index contributed by atoms with van der Waals surface area (Å²) in [6, 6.07) is 7.86. The number of piperidine rings is 1. The van der Waals surface area contributed by atoms with E-state index in [1.54, 1.807) is 7.05 Å². The first-order valence-corrected chi connectivity index (χ1v) is 8.07. The van der Waals surface area contributed by atoms with Crippen molar-refractivity contribution in [1.82, 2.24) is 15.5 Å². The number of hydrogen-bond donors (Lipinski definition) is 2. The van der Waals surface area contributed by atoms with Crippen molar-refractivity contribution in [2.45, 2.75) is 25.8 Å². The van der Waals surface area contributed by atoms with Gasteiger partial charge in [0.2, 0.25) is 0 Å². The first kappa shape index (κ1) is 16.1. The van der Waals surface area contributed by atoms with Crippen LogP contribution in [0.3, 0.4) is 0 Å². The zero-order valence-electron chi connectivity index (χ0n) is 12.7. The molecule has 0 unspecified atom stereocenters. The molecule has 0 spiro atoms. The summed E-state index contributed by atoms with van der Waals surface area (Å²) < 4.78 is 0. The van der Waals surface area contributed by atoms with E-state index < -0.39 is 0 Å². The van der Waals surface area contributed by atoms with Crippen molar-refractivity contribution in [1.29, 1.82) is 0 Å². The second-order valence-corrected chi connectivity index (χ2v) is 5.82. The Labute approximate surface area is 132 Å². The average molecular weight is 309 g/mol. The maximum absolute atomic E-state index is 5.88. The van der Waals surface area contributed by atoms with Crippen molar-refractivity contribution >= 4 is 17.6 Å². The number of hydrogen-bond acceptors (Lipinski definition) is 2. The van der Waals surface area contributed by atoms with Gasteiger partial charge in [0.15, 0.2) is 5.96 Å². The fraction of sp³-hybridized carbons (Fsp3) is 0.562. The minimum absolute atomic E-state index is 0.751. The average Bonchev–Trinajstić information content (AvgIpc) is 2.53. The maximum atomic E-state index is 5.88. The highest BCUT2D eigenvalue weighted by molar-refractivity contribution is 6.30. The van der Waals surface area contributed by atoms with E-state index in [0.29, 0.717) is 0 Å². The Bertz CT molecular complexity index is 438. The lowest BCUT2D eigenvalue weighted by Crippen LogP contribution is -2.42. The van der Waals surface area contributed by atoms with Gasteiger partial charge in [0.05, 0.1) is 0 Å². The Morgan fingerprint density at radius 1 is 1.14 bits per heavy atom. The van der Waals surface area contributed by atoms with Crippen LogP contribution in [0.2, 0.25) is 5.02 Å². The molecular formula is C16H25ClN4. The molecule has 1 fully saturated rings. The summed E-state index contributed by atoms with van der Waals surface area (Å²) >= 11 is 5.88. The van der Waals surface area contributed by atoms with Crippen LogP contribution in [0.1, 0.15) is 24.8 Å². The van der Waals surface area contributed by atoms with Crippen molar-refractivity contribution in [3.05, 3.63) is 34.9 Å². The van der Waals surface area contributed by atoms with Crippen molar-refractivity contribution in [2.75, 3.05) is 33.2 Å². The van der Waals surface area contributed by atoms with Crippen LogP contribution in [0.5, 0.6) is 0 Å². The zero-order valence-corrected chi connectivity index (χ0v) is 13.5. The van der Waals surface area contributed by atoms with Crippen molar-refractivity contribution < 1.29 is 0 Å².